The molecule has 0 saturated carbocycles. The van der Waals surface area contributed by atoms with Crippen LogP contribution in [0.5, 0.6) is 5.75 Å². The SMILES string of the molecule is CC12C=CC(Cl)=CC1Oc1cccc(Br)c12. The lowest BCUT2D eigenvalue weighted by molar-refractivity contribution is 0.227. The average Bonchev–Trinajstić information content (AvgIpc) is 2.52. The Labute approximate surface area is 108 Å². The fourth-order valence-corrected chi connectivity index (χ4v) is 3.32. The predicted molar refractivity (Wildman–Crippen MR) is 69.0 cm³/mol. The Balaban J connectivity index is 2.22. The van der Waals surface area contributed by atoms with Gasteiger partial charge >= 0.3 is 0 Å². The molecule has 0 bridgehead atoms. The molecule has 0 spiro atoms. The number of benzene rings is 1. The standard InChI is InChI=1S/C13H10BrClO/c1-13-6-5-8(15)7-11(13)16-10-4-2-3-9(14)12(10)13/h2-7,11H,1H3. The van der Waals surface area contributed by atoms with E-state index in [0.29, 0.717) is 0 Å². The first-order valence-electron chi connectivity index (χ1n) is 5.13. The highest BCUT2D eigenvalue weighted by Gasteiger charge is 2.45. The zero-order valence-electron chi connectivity index (χ0n) is 8.71. The maximum atomic E-state index is 6.01. The van der Waals surface area contributed by atoms with Gasteiger partial charge in [0.2, 0.25) is 0 Å². The van der Waals surface area contributed by atoms with Crippen LogP contribution in [-0.2, 0) is 5.41 Å². The van der Waals surface area contributed by atoms with Crippen molar-refractivity contribution in [3.63, 3.8) is 0 Å². The molecule has 3 heteroatoms. The van der Waals surface area contributed by atoms with E-state index in [-0.39, 0.29) is 11.5 Å². The van der Waals surface area contributed by atoms with Crippen molar-refractivity contribution in [1.82, 2.24) is 0 Å². The van der Waals surface area contributed by atoms with E-state index in [1.54, 1.807) is 0 Å². The normalized spacial score (nSPS) is 30.4. The molecule has 0 radical (unpaired) electrons. The molecule has 0 N–H and O–H groups in total. The van der Waals surface area contributed by atoms with Crippen LogP contribution in [0.3, 0.4) is 0 Å². The van der Waals surface area contributed by atoms with Crippen LogP contribution in [0, 0.1) is 0 Å². The van der Waals surface area contributed by atoms with Gasteiger partial charge in [-0.15, -0.1) is 0 Å². The molecular weight excluding hydrogens is 287 g/mol. The highest BCUT2D eigenvalue weighted by Crippen LogP contribution is 2.49. The van der Waals surface area contributed by atoms with Crippen LogP contribution in [-0.4, -0.2) is 6.10 Å². The van der Waals surface area contributed by atoms with Crippen molar-refractivity contribution in [2.45, 2.75) is 18.4 Å². The molecule has 0 aromatic heterocycles. The summed E-state index contributed by atoms with van der Waals surface area (Å²) in [4.78, 5) is 0. The van der Waals surface area contributed by atoms with Crippen molar-refractivity contribution in [1.29, 1.82) is 0 Å². The summed E-state index contributed by atoms with van der Waals surface area (Å²) in [5, 5.41) is 0.742. The second-order valence-electron chi connectivity index (χ2n) is 4.32. The van der Waals surface area contributed by atoms with Gasteiger partial charge in [-0.2, -0.15) is 0 Å². The second kappa shape index (κ2) is 3.38. The Morgan fingerprint density at radius 1 is 1.44 bits per heavy atom. The molecule has 0 amide bonds. The molecule has 2 atom stereocenters. The van der Waals surface area contributed by atoms with E-state index in [1.165, 1.54) is 5.56 Å². The van der Waals surface area contributed by atoms with Gasteiger partial charge in [0.05, 0.1) is 5.41 Å². The van der Waals surface area contributed by atoms with Gasteiger partial charge in [-0.05, 0) is 31.2 Å². The minimum Gasteiger partial charge on any atom is -0.485 e. The summed E-state index contributed by atoms with van der Waals surface area (Å²) in [6.45, 7) is 2.17. The van der Waals surface area contributed by atoms with E-state index >= 15 is 0 Å². The van der Waals surface area contributed by atoms with E-state index in [4.69, 9.17) is 16.3 Å². The maximum Gasteiger partial charge on any atom is 0.132 e. The molecule has 0 fully saturated rings. The van der Waals surface area contributed by atoms with Crippen LogP contribution in [0.1, 0.15) is 12.5 Å². The molecule has 1 aromatic rings. The number of allylic oxidation sites excluding steroid dienone is 2. The fraction of sp³-hybridized carbons (Fsp3) is 0.231. The molecule has 3 rings (SSSR count). The van der Waals surface area contributed by atoms with Crippen LogP contribution in [0.25, 0.3) is 0 Å². The molecule has 1 nitrogen and oxygen atoms in total. The summed E-state index contributed by atoms with van der Waals surface area (Å²) in [6.07, 6.45) is 6.03. The summed E-state index contributed by atoms with van der Waals surface area (Å²) in [7, 11) is 0. The lowest BCUT2D eigenvalue weighted by atomic mass is 9.77. The molecule has 1 aliphatic carbocycles. The number of fused-ring (bicyclic) bond motifs is 3. The lowest BCUT2D eigenvalue weighted by Crippen LogP contribution is -2.33. The van der Waals surface area contributed by atoms with E-state index in [1.807, 2.05) is 30.4 Å². The zero-order chi connectivity index (χ0) is 11.3. The van der Waals surface area contributed by atoms with Gasteiger partial charge in [0, 0.05) is 15.1 Å². The quantitative estimate of drug-likeness (QED) is 0.698. The lowest BCUT2D eigenvalue weighted by Gasteiger charge is -2.28. The van der Waals surface area contributed by atoms with Gasteiger partial charge in [0.1, 0.15) is 11.9 Å². The highest BCUT2D eigenvalue weighted by atomic mass is 79.9. The van der Waals surface area contributed by atoms with E-state index in [9.17, 15) is 0 Å². The zero-order valence-corrected chi connectivity index (χ0v) is 11.0. The topological polar surface area (TPSA) is 9.23 Å². The number of hydrogen-bond donors (Lipinski definition) is 0. The van der Waals surface area contributed by atoms with Crippen LogP contribution in [0.15, 0.2) is 45.9 Å². The summed E-state index contributed by atoms with van der Waals surface area (Å²) in [6, 6.07) is 6.03. The third-order valence-electron chi connectivity index (χ3n) is 3.26. The van der Waals surface area contributed by atoms with Gasteiger partial charge in [-0.3, -0.25) is 0 Å². The van der Waals surface area contributed by atoms with Crippen molar-refractivity contribution < 1.29 is 4.74 Å². The van der Waals surface area contributed by atoms with Gasteiger partial charge in [-0.25, -0.2) is 0 Å². The van der Waals surface area contributed by atoms with Gasteiger partial charge in [0.15, 0.2) is 0 Å². The van der Waals surface area contributed by atoms with E-state index in [2.05, 4.69) is 28.9 Å². The second-order valence-corrected chi connectivity index (χ2v) is 5.61. The number of rotatable bonds is 0. The third-order valence-corrected chi connectivity index (χ3v) is 4.17. The first-order valence-corrected chi connectivity index (χ1v) is 6.30. The van der Waals surface area contributed by atoms with Gasteiger partial charge in [-0.1, -0.05) is 39.7 Å². The molecular formula is C13H10BrClO. The number of halogens is 2. The Kier molecular flexibility index (Phi) is 2.20. The fourth-order valence-electron chi connectivity index (χ4n) is 2.36. The molecule has 2 aliphatic rings. The summed E-state index contributed by atoms with van der Waals surface area (Å²) in [5.74, 6) is 0.939. The smallest absolute Gasteiger partial charge is 0.132 e. The van der Waals surface area contributed by atoms with Crippen molar-refractivity contribution in [3.05, 3.63) is 51.5 Å². The first-order chi connectivity index (χ1) is 7.61. The van der Waals surface area contributed by atoms with Crippen molar-refractivity contribution in [3.8, 4) is 5.75 Å². The molecule has 16 heavy (non-hydrogen) atoms. The minimum atomic E-state index is -0.117. The maximum absolute atomic E-state index is 6.01. The largest absolute Gasteiger partial charge is 0.485 e. The first kappa shape index (κ1) is 10.4. The Morgan fingerprint density at radius 3 is 3.06 bits per heavy atom. The van der Waals surface area contributed by atoms with Gasteiger partial charge < -0.3 is 4.74 Å². The van der Waals surface area contributed by atoms with Crippen molar-refractivity contribution in [2.75, 3.05) is 0 Å². The predicted octanol–water partition coefficient (Wildman–Crippen LogP) is 4.16. The van der Waals surface area contributed by atoms with Crippen LogP contribution < -0.4 is 4.74 Å². The third kappa shape index (κ3) is 1.30. The molecule has 1 aromatic carbocycles. The molecule has 1 heterocycles. The van der Waals surface area contributed by atoms with E-state index < -0.39 is 0 Å². The molecule has 1 aliphatic heterocycles. The molecule has 82 valence electrons. The Morgan fingerprint density at radius 2 is 2.25 bits per heavy atom. The van der Waals surface area contributed by atoms with E-state index in [0.717, 1.165) is 15.3 Å². The van der Waals surface area contributed by atoms with Crippen molar-refractivity contribution in [2.24, 2.45) is 0 Å². The summed E-state index contributed by atoms with van der Waals surface area (Å²) in [5.41, 5.74) is 1.09. The Hall–Kier alpha value is -0.730. The van der Waals surface area contributed by atoms with Crippen LogP contribution in [0.2, 0.25) is 0 Å². The molecule has 2 unspecified atom stereocenters. The van der Waals surface area contributed by atoms with Gasteiger partial charge in [0.25, 0.3) is 0 Å². The van der Waals surface area contributed by atoms with Crippen LogP contribution >= 0.6 is 27.5 Å². The number of ether oxygens (including phenoxy) is 1. The Bertz CT molecular complexity index is 521. The summed E-state index contributed by atoms with van der Waals surface area (Å²) < 4.78 is 7.01. The number of hydrogen-bond acceptors (Lipinski definition) is 1. The minimum absolute atomic E-state index is 0.00120. The summed E-state index contributed by atoms with van der Waals surface area (Å²) >= 11 is 9.60. The van der Waals surface area contributed by atoms with Crippen molar-refractivity contribution >= 4 is 27.5 Å². The van der Waals surface area contributed by atoms with Crippen LogP contribution in [0.4, 0.5) is 0 Å². The monoisotopic (exact) mass is 296 g/mol. The highest BCUT2D eigenvalue weighted by molar-refractivity contribution is 9.10. The molecule has 0 saturated heterocycles. The average molecular weight is 298 g/mol.